The molecule has 0 saturated heterocycles. The van der Waals surface area contributed by atoms with Gasteiger partial charge in [0.25, 0.3) is 0 Å². The van der Waals surface area contributed by atoms with Crippen molar-refractivity contribution >= 4 is 33.9 Å². The van der Waals surface area contributed by atoms with E-state index in [1.807, 2.05) is 0 Å². The van der Waals surface area contributed by atoms with Crippen molar-refractivity contribution in [1.82, 2.24) is 0 Å². The molecule has 0 spiro atoms. The molecule has 0 aliphatic heterocycles. The van der Waals surface area contributed by atoms with E-state index in [4.69, 9.17) is 0 Å². The molecule has 0 aromatic carbocycles. The van der Waals surface area contributed by atoms with Crippen molar-refractivity contribution in [1.29, 1.82) is 0 Å². The predicted molar refractivity (Wildman–Crippen MR) is 141 cm³/mol. The summed E-state index contributed by atoms with van der Waals surface area (Å²) < 4.78 is 0. The molecule has 0 rings (SSSR count). The van der Waals surface area contributed by atoms with Crippen LogP contribution in [0.5, 0.6) is 0 Å². The molecule has 2 radical (unpaired) electrons. The van der Waals surface area contributed by atoms with Crippen molar-refractivity contribution in [3.8, 4) is 0 Å². The Morgan fingerprint density at radius 2 is 0.571 bits per heavy atom. The van der Waals surface area contributed by atoms with Crippen molar-refractivity contribution in [3.05, 3.63) is 0 Å². The molecule has 2 heteroatoms. The van der Waals surface area contributed by atoms with Gasteiger partial charge in [-0.25, -0.2) is 10.0 Å². The molecule has 172 valence electrons. The van der Waals surface area contributed by atoms with Crippen LogP contribution in [0.3, 0.4) is 0 Å². The van der Waals surface area contributed by atoms with E-state index in [1.165, 1.54) is 140 Å². The Morgan fingerprint density at radius 1 is 0.357 bits per heavy atom. The first-order valence-electron chi connectivity index (χ1n) is 12.8. The predicted octanol–water partition coefficient (Wildman–Crippen LogP) is 8.98. The van der Waals surface area contributed by atoms with Crippen LogP contribution >= 0.6 is 10.0 Å². The number of unbranched alkanes of at least 4 members (excludes halogenated alkanes) is 18. The Bertz CT molecular complexity index is 252. The average molecular weight is 522 g/mol. The van der Waals surface area contributed by atoms with Crippen molar-refractivity contribution < 1.29 is 0 Å². The maximum atomic E-state index is 2.59. The molecule has 0 aliphatic rings. The van der Waals surface area contributed by atoms with Crippen molar-refractivity contribution in [3.63, 3.8) is 0 Å². The number of hydrogen-bond donors (Lipinski definition) is 0. The van der Waals surface area contributed by atoms with Crippen molar-refractivity contribution in [2.45, 2.75) is 142 Å². The molecule has 0 aromatic heterocycles. The zero-order chi connectivity index (χ0) is 20.1. The van der Waals surface area contributed by atoms with Crippen molar-refractivity contribution in [2.75, 3.05) is 24.0 Å². The Hall–Kier alpha value is 1.15. The van der Waals surface area contributed by atoms with E-state index in [2.05, 4.69) is 26.4 Å². The van der Waals surface area contributed by atoms with Crippen LogP contribution in [0.2, 0.25) is 0 Å². The first kappa shape index (κ1) is 31.3. The number of rotatable bonds is 22. The second-order valence-corrected chi connectivity index (χ2v) is 13.9. The molecule has 0 amide bonds. The fraction of sp³-hybridized carbons (Fsp3) is 1.00. The van der Waals surface area contributed by atoms with Gasteiger partial charge >= 0.3 is 23.9 Å². The summed E-state index contributed by atoms with van der Waals surface area (Å²) in [6.07, 6.45) is 34.5. The van der Waals surface area contributed by atoms with Gasteiger partial charge in [0.05, 0.1) is 0 Å². The molecule has 0 N–H and O–H groups in total. The summed E-state index contributed by atoms with van der Waals surface area (Å²) in [5.74, 6) is 3.06. The molecule has 0 heterocycles. The molecule has 0 unspecified atom stereocenters. The fourth-order valence-corrected chi connectivity index (χ4v) is 6.24. The minimum atomic E-state index is -0.297. The van der Waals surface area contributed by atoms with Crippen LogP contribution in [0.1, 0.15) is 142 Å². The van der Waals surface area contributed by atoms with Crippen LogP contribution in [0.4, 0.5) is 0 Å². The monoisotopic (exact) mass is 522 g/mol. The molecular formula is C26H58SSn. The molecule has 0 aliphatic carbocycles. The molecule has 0 atom stereocenters. The Balaban J connectivity index is 0. The summed E-state index contributed by atoms with van der Waals surface area (Å²) in [4.78, 5) is 0. The summed E-state index contributed by atoms with van der Waals surface area (Å²) in [6, 6.07) is 0. The van der Waals surface area contributed by atoms with E-state index in [0.717, 1.165) is 0 Å². The van der Waals surface area contributed by atoms with Gasteiger partial charge in [0.1, 0.15) is 0 Å². The summed E-state index contributed by atoms with van der Waals surface area (Å²) in [6.45, 7) is 4.61. The Labute approximate surface area is 199 Å². The minimum absolute atomic E-state index is 0. The summed E-state index contributed by atoms with van der Waals surface area (Å²) >= 11 is 0. The topological polar surface area (TPSA) is 0 Å². The molecule has 0 fully saturated rings. The third-order valence-corrected chi connectivity index (χ3v) is 8.89. The van der Waals surface area contributed by atoms with E-state index in [9.17, 15) is 0 Å². The SMILES string of the molecule is CCCCCCCCCCCCS(C)(C)CCCCCCCCCCCC.[SnH2]. The average Bonchev–Trinajstić information content (AvgIpc) is 2.64. The third kappa shape index (κ3) is 25.2. The maximum absolute atomic E-state index is 2.59. The van der Waals surface area contributed by atoms with Gasteiger partial charge in [0, 0.05) is 0 Å². The third-order valence-electron chi connectivity index (χ3n) is 6.10. The number of hydrogen-bond acceptors (Lipinski definition) is 0. The second-order valence-electron chi connectivity index (χ2n) is 9.54. The van der Waals surface area contributed by atoms with Crippen LogP contribution in [-0.2, 0) is 0 Å². The Kier molecular flexibility index (Phi) is 27.3. The zero-order valence-corrected chi connectivity index (χ0v) is 25.5. The molecular weight excluding hydrogens is 463 g/mol. The first-order chi connectivity index (χ1) is 13.1. The van der Waals surface area contributed by atoms with E-state index >= 15 is 0 Å². The second kappa shape index (κ2) is 24.4. The molecule has 28 heavy (non-hydrogen) atoms. The quantitative estimate of drug-likeness (QED) is 0.0985. The van der Waals surface area contributed by atoms with Gasteiger partial charge in [-0.3, -0.25) is 0 Å². The van der Waals surface area contributed by atoms with Gasteiger partial charge in [-0.1, -0.05) is 129 Å². The first-order valence-corrected chi connectivity index (χ1v) is 15.6. The van der Waals surface area contributed by atoms with Crippen LogP contribution in [0, 0.1) is 0 Å². The van der Waals surface area contributed by atoms with Crippen LogP contribution in [0.25, 0.3) is 0 Å². The molecule has 0 bridgehead atoms. The van der Waals surface area contributed by atoms with Crippen LogP contribution < -0.4 is 0 Å². The molecule has 0 nitrogen and oxygen atoms in total. The Morgan fingerprint density at radius 3 is 0.821 bits per heavy atom. The van der Waals surface area contributed by atoms with E-state index in [0.29, 0.717) is 0 Å². The zero-order valence-electron chi connectivity index (χ0n) is 20.7. The molecule has 0 aromatic rings. The van der Waals surface area contributed by atoms with Gasteiger partial charge in [0.2, 0.25) is 0 Å². The van der Waals surface area contributed by atoms with Crippen molar-refractivity contribution in [2.24, 2.45) is 0 Å². The standard InChI is InChI=1S/C26H56S.Sn.2H/c1-5-7-9-11-13-15-17-19-21-23-25-27(3,4)26-24-22-20-18-16-14-12-10-8-6-2;;;/h5-26H2,1-4H3;;;. The van der Waals surface area contributed by atoms with E-state index < -0.39 is 0 Å². The summed E-state index contributed by atoms with van der Waals surface area (Å²) in [5.41, 5.74) is 0. The molecule has 0 saturated carbocycles. The fourth-order valence-electron chi connectivity index (χ4n) is 4.06. The van der Waals surface area contributed by atoms with Gasteiger partial charge in [0.15, 0.2) is 0 Å². The van der Waals surface area contributed by atoms with E-state index in [1.54, 1.807) is 0 Å². The van der Waals surface area contributed by atoms with Gasteiger partial charge in [-0.2, -0.15) is 0 Å². The normalized spacial score (nSPS) is 12.1. The van der Waals surface area contributed by atoms with Gasteiger partial charge < -0.3 is 0 Å². The van der Waals surface area contributed by atoms with Gasteiger partial charge in [-0.05, 0) is 36.9 Å². The van der Waals surface area contributed by atoms with Crippen LogP contribution in [0.15, 0.2) is 0 Å². The van der Waals surface area contributed by atoms with Gasteiger partial charge in [-0.15, -0.1) is 0 Å². The summed E-state index contributed by atoms with van der Waals surface area (Å²) in [7, 11) is -0.297. The van der Waals surface area contributed by atoms with Crippen LogP contribution in [-0.4, -0.2) is 47.9 Å². The summed E-state index contributed by atoms with van der Waals surface area (Å²) in [5, 5.41) is 0. The van der Waals surface area contributed by atoms with E-state index in [-0.39, 0.29) is 33.9 Å².